The number of hydrogen-bond donors (Lipinski definition) is 2. The highest BCUT2D eigenvalue weighted by atomic mass is 35.5. The minimum Gasteiger partial charge on any atom is -0.508 e. The van der Waals surface area contributed by atoms with E-state index in [1.54, 1.807) is 24.4 Å². The first kappa shape index (κ1) is 11.0. The van der Waals surface area contributed by atoms with Gasteiger partial charge in [-0.25, -0.2) is 0 Å². The van der Waals surface area contributed by atoms with Gasteiger partial charge >= 0.3 is 0 Å². The Kier molecular flexibility index (Phi) is 3.12. The molecule has 0 fully saturated rings. The minimum absolute atomic E-state index is 0.0771. The predicted molar refractivity (Wildman–Crippen MR) is 60.3 cm³/mol. The molecule has 0 aliphatic rings. The van der Waals surface area contributed by atoms with Crippen molar-refractivity contribution < 1.29 is 10.2 Å². The highest BCUT2D eigenvalue weighted by Crippen LogP contribution is 2.24. The largest absolute Gasteiger partial charge is 0.508 e. The second-order valence-electron chi connectivity index (χ2n) is 3.46. The summed E-state index contributed by atoms with van der Waals surface area (Å²) in [6.07, 6.45) is 2.31. The van der Waals surface area contributed by atoms with Crippen molar-refractivity contribution in [3.8, 4) is 5.75 Å². The molecule has 0 bridgehead atoms. The monoisotopic (exact) mass is 238 g/mol. The maximum absolute atomic E-state index is 9.90. The third-order valence-corrected chi connectivity index (χ3v) is 2.45. The Labute approximate surface area is 97.7 Å². The van der Waals surface area contributed by atoms with Crippen LogP contribution in [0.3, 0.4) is 0 Å². The molecule has 2 aromatic rings. The van der Waals surface area contributed by atoms with Crippen LogP contribution in [0.5, 0.6) is 5.75 Å². The number of phenolic OH excluding ortho intramolecular Hbond substituents is 1. The zero-order valence-electron chi connectivity index (χ0n) is 8.42. The average molecular weight is 239 g/mol. The van der Waals surface area contributed by atoms with Gasteiger partial charge in [0.15, 0.2) is 0 Å². The van der Waals surface area contributed by atoms with Gasteiger partial charge in [0.2, 0.25) is 0 Å². The molecule has 84 valence electrons. The van der Waals surface area contributed by atoms with Crippen molar-refractivity contribution in [2.75, 3.05) is 0 Å². The number of aliphatic hydroxyl groups excluding tert-OH is 1. The smallest absolute Gasteiger partial charge is 0.121 e. The van der Waals surface area contributed by atoms with E-state index < -0.39 is 6.10 Å². The summed E-state index contributed by atoms with van der Waals surface area (Å²) in [5.74, 6) is 0.0771. The van der Waals surface area contributed by atoms with Crippen LogP contribution in [0, 0.1) is 0 Å². The van der Waals surface area contributed by atoms with Crippen LogP contribution in [0.1, 0.15) is 11.7 Å². The van der Waals surface area contributed by atoms with Gasteiger partial charge in [0.25, 0.3) is 0 Å². The van der Waals surface area contributed by atoms with E-state index in [1.807, 2.05) is 0 Å². The second-order valence-corrected chi connectivity index (χ2v) is 3.89. The molecule has 5 heteroatoms. The third-order valence-electron chi connectivity index (χ3n) is 2.26. The lowest BCUT2D eigenvalue weighted by molar-refractivity contribution is 0.148. The fourth-order valence-corrected chi connectivity index (χ4v) is 1.64. The Morgan fingerprint density at radius 2 is 2.12 bits per heavy atom. The van der Waals surface area contributed by atoms with Gasteiger partial charge in [-0.1, -0.05) is 29.8 Å². The molecule has 4 nitrogen and oxygen atoms in total. The van der Waals surface area contributed by atoms with E-state index in [1.165, 1.54) is 16.9 Å². The fraction of sp³-hybridized carbons (Fsp3) is 0.182. The number of nitrogens with zero attached hydrogens (tertiary/aromatic N) is 2. The topological polar surface area (TPSA) is 58.3 Å². The average Bonchev–Trinajstić information content (AvgIpc) is 2.64. The van der Waals surface area contributed by atoms with Crippen LogP contribution < -0.4 is 0 Å². The lowest BCUT2D eigenvalue weighted by Gasteiger charge is -2.12. The van der Waals surface area contributed by atoms with Crippen LogP contribution in [0.25, 0.3) is 0 Å². The van der Waals surface area contributed by atoms with Crippen molar-refractivity contribution in [3.63, 3.8) is 0 Å². The van der Waals surface area contributed by atoms with E-state index >= 15 is 0 Å². The van der Waals surface area contributed by atoms with E-state index in [9.17, 15) is 10.2 Å². The SMILES string of the molecule is Oc1ccccc1C(O)Cn1cc(Cl)cn1. The van der Waals surface area contributed by atoms with Gasteiger partial charge in [0, 0.05) is 11.8 Å². The number of aliphatic hydroxyl groups is 1. The van der Waals surface area contributed by atoms with E-state index in [0.29, 0.717) is 10.6 Å². The summed E-state index contributed by atoms with van der Waals surface area (Å²) in [6, 6.07) is 6.67. The lowest BCUT2D eigenvalue weighted by atomic mass is 10.1. The van der Waals surface area contributed by atoms with Gasteiger partial charge in [-0.05, 0) is 6.07 Å². The minimum atomic E-state index is -0.808. The molecule has 2 rings (SSSR count). The molecule has 1 aromatic heterocycles. The van der Waals surface area contributed by atoms with E-state index in [-0.39, 0.29) is 12.3 Å². The third kappa shape index (κ3) is 2.35. The van der Waals surface area contributed by atoms with Gasteiger partial charge < -0.3 is 10.2 Å². The second kappa shape index (κ2) is 4.55. The summed E-state index contributed by atoms with van der Waals surface area (Å²) in [5.41, 5.74) is 0.481. The number of aromatic nitrogens is 2. The zero-order chi connectivity index (χ0) is 11.5. The van der Waals surface area contributed by atoms with Crippen molar-refractivity contribution in [3.05, 3.63) is 47.2 Å². The fourth-order valence-electron chi connectivity index (χ4n) is 1.48. The number of aromatic hydroxyl groups is 1. The predicted octanol–water partition coefficient (Wildman–Crippen LogP) is 1.98. The highest BCUT2D eigenvalue weighted by molar-refractivity contribution is 6.30. The standard InChI is InChI=1S/C11H11ClN2O2/c12-8-5-13-14(6-8)7-11(16)9-3-1-2-4-10(9)15/h1-6,11,15-16H,7H2. The summed E-state index contributed by atoms with van der Waals surface area (Å²) < 4.78 is 1.53. The zero-order valence-corrected chi connectivity index (χ0v) is 9.17. The van der Waals surface area contributed by atoms with Crippen LogP contribution in [0.2, 0.25) is 5.02 Å². The van der Waals surface area contributed by atoms with Crippen LogP contribution in [0.4, 0.5) is 0 Å². The molecule has 0 spiro atoms. The normalized spacial score (nSPS) is 12.6. The first-order valence-electron chi connectivity index (χ1n) is 4.81. The van der Waals surface area contributed by atoms with Gasteiger partial charge in [0.05, 0.1) is 17.8 Å². The number of rotatable bonds is 3. The number of hydrogen-bond acceptors (Lipinski definition) is 3. The Morgan fingerprint density at radius 1 is 1.38 bits per heavy atom. The van der Waals surface area contributed by atoms with Crippen molar-refractivity contribution in [2.45, 2.75) is 12.6 Å². The van der Waals surface area contributed by atoms with Crippen LogP contribution >= 0.6 is 11.6 Å². The van der Waals surface area contributed by atoms with E-state index in [4.69, 9.17) is 11.6 Å². The summed E-state index contributed by atoms with van der Waals surface area (Å²) in [6.45, 7) is 0.254. The lowest BCUT2D eigenvalue weighted by Crippen LogP contribution is -2.09. The van der Waals surface area contributed by atoms with Crippen molar-refractivity contribution in [1.29, 1.82) is 0 Å². The first-order valence-corrected chi connectivity index (χ1v) is 5.18. The summed E-state index contributed by atoms with van der Waals surface area (Å²) in [7, 11) is 0. The van der Waals surface area contributed by atoms with Crippen molar-refractivity contribution in [1.82, 2.24) is 9.78 Å². The summed E-state index contributed by atoms with van der Waals surface area (Å²) in [5, 5.41) is 23.9. The Bertz CT molecular complexity index is 484. The molecule has 0 aliphatic heterocycles. The Hall–Kier alpha value is -1.52. The summed E-state index contributed by atoms with van der Waals surface area (Å²) >= 11 is 5.71. The van der Waals surface area contributed by atoms with Crippen LogP contribution in [0.15, 0.2) is 36.7 Å². The van der Waals surface area contributed by atoms with E-state index in [0.717, 1.165) is 0 Å². The maximum atomic E-state index is 9.90. The molecule has 16 heavy (non-hydrogen) atoms. The number of benzene rings is 1. The Balaban J connectivity index is 2.14. The van der Waals surface area contributed by atoms with Gasteiger partial charge in [-0.2, -0.15) is 5.10 Å². The quantitative estimate of drug-likeness (QED) is 0.860. The number of halogens is 1. The molecule has 0 radical (unpaired) electrons. The first-order chi connectivity index (χ1) is 7.66. The molecule has 0 aliphatic carbocycles. The maximum Gasteiger partial charge on any atom is 0.121 e. The van der Waals surface area contributed by atoms with E-state index in [2.05, 4.69) is 5.10 Å². The number of phenols is 1. The molecule has 1 heterocycles. The van der Waals surface area contributed by atoms with Gasteiger partial charge in [0.1, 0.15) is 11.9 Å². The molecule has 1 atom stereocenters. The van der Waals surface area contributed by atoms with Gasteiger partial charge in [-0.15, -0.1) is 0 Å². The molecular weight excluding hydrogens is 228 g/mol. The summed E-state index contributed by atoms with van der Waals surface area (Å²) in [4.78, 5) is 0. The molecule has 1 unspecified atom stereocenters. The Morgan fingerprint density at radius 3 is 2.75 bits per heavy atom. The van der Waals surface area contributed by atoms with Crippen molar-refractivity contribution >= 4 is 11.6 Å². The highest BCUT2D eigenvalue weighted by Gasteiger charge is 2.12. The molecule has 2 N–H and O–H groups in total. The van der Waals surface area contributed by atoms with Gasteiger partial charge in [-0.3, -0.25) is 4.68 Å². The molecule has 0 saturated heterocycles. The molecule has 0 amide bonds. The van der Waals surface area contributed by atoms with Crippen molar-refractivity contribution in [2.24, 2.45) is 0 Å². The molecular formula is C11H11ClN2O2. The molecule has 1 aromatic carbocycles. The van der Waals surface area contributed by atoms with Crippen LogP contribution in [-0.2, 0) is 6.54 Å². The molecule has 0 saturated carbocycles. The number of para-hydroxylation sites is 1. The van der Waals surface area contributed by atoms with Crippen LogP contribution in [-0.4, -0.2) is 20.0 Å².